The van der Waals surface area contributed by atoms with E-state index in [2.05, 4.69) is 59.1 Å². The molecule has 1 atom stereocenters. The molecular formula is C14H15N3S. The van der Waals surface area contributed by atoms with E-state index < -0.39 is 0 Å². The summed E-state index contributed by atoms with van der Waals surface area (Å²) in [6, 6.07) is 10.7. The summed E-state index contributed by atoms with van der Waals surface area (Å²) in [7, 11) is 0. The molecule has 0 aliphatic rings. The first kappa shape index (κ1) is 11.3. The Bertz CT molecular complexity index is 682. The van der Waals surface area contributed by atoms with Gasteiger partial charge in [0, 0.05) is 4.88 Å². The molecule has 2 heterocycles. The molecule has 3 rings (SSSR count). The van der Waals surface area contributed by atoms with E-state index in [-0.39, 0.29) is 6.04 Å². The Hall–Kier alpha value is -1.81. The van der Waals surface area contributed by atoms with Crippen molar-refractivity contribution in [3.05, 3.63) is 46.2 Å². The van der Waals surface area contributed by atoms with Crippen molar-refractivity contribution in [2.45, 2.75) is 19.9 Å². The first-order chi connectivity index (χ1) is 8.66. The first-order valence-electron chi connectivity index (χ1n) is 5.94. The average molecular weight is 257 g/mol. The zero-order valence-corrected chi connectivity index (χ0v) is 11.2. The van der Waals surface area contributed by atoms with Gasteiger partial charge in [-0.2, -0.15) is 0 Å². The molecule has 0 aliphatic heterocycles. The zero-order valence-electron chi connectivity index (χ0n) is 10.4. The average Bonchev–Trinajstić information content (AvgIpc) is 2.94. The lowest BCUT2D eigenvalue weighted by Crippen LogP contribution is -2.08. The summed E-state index contributed by atoms with van der Waals surface area (Å²) < 4.78 is 2.10. The lowest BCUT2D eigenvalue weighted by molar-refractivity contribution is 0.680. The third kappa shape index (κ3) is 1.69. The van der Waals surface area contributed by atoms with Crippen LogP contribution in [0.15, 0.2) is 35.7 Å². The Morgan fingerprint density at radius 2 is 2.17 bits per heavy atom. The molecule has 0 bridgehead atoms. The summed E-state index contributed by atoms with van der Waals surface area (Å²) in [5, 5.41) is 2.09. The molecule has 2 aromatic heterocycles. The number of hydrogen-bond donors (Lipinski definition) is 1. The summed E-state index contributed by atoms with van der Waals surface area (Å²) in [6.45, 7) is 4.22. The Labute approximate surface area is 110 Å². The van der Waals surface area contributed by atoms with Crippen LogP contribution in [0.25, 0.3) is 11.0 Å². The van der Waals surface area contributed by atoms with Crippen molar-refractivity contribution in [2.75, 3.05) is 5.73 Å². The highest BCUT2D eigenvalue weighted by Gasteiger charge is 2.16. The van der Waals surface area contributed by atoms with Gasteiger partial charge in [-0.3, -0.25) is 0 Å². The number of hydrogen-bond acceptors (Lipinski definition) is 3. The summed E-state index contributed by atoms with van der Waals surface area (Å²) in [5.74, 6) is 0.580. The number of nitrogens with two attached hydrogens (primary N) is 1. The van der Waals surface area contributed by atoms with Gasteiger partial charge in [-0.25, -0.2) is 4.98 Å². The van der Waals surface area contributed by atoms with Crippen LogP contribution in [0.1, 0.15) is 23.4 Å². The minimum Gasteiger partial charge on any atom is -0.369 e. The predicted molar refractivity (Wildman–Crippen MR) is 77.0 cm³/mol. The number of thiophene rings is 1. The van der Waals surface area contributed by atoms with Crippen LogP contribution >= 0.6 is 11.3 Å². The molecule has 3 aromatic rings. The molecule has 2 N–H and O–H groups in total. The van der Waals surface area contributed by atoms with Gasteiger partial charge in [0.25, 0.3) is 0 Å². The molecule has 92 valence electrons. The van der Waals surface area contributed by atoms with Crippen molar-refractivity contribution in [3.63, 3.8) is 0 Å². The highest BCUT2D eigenvalue weighted by atomic mass is 32.1. The van der Waals surface area contributed by atoms with Crippen LogP contribution < -0.4 is 5.73 Å². The van der Waals surface area contributed by atoms with Gasteiger partial charge in [-0.05, 0) is 43.0 Å². The number of rotatable bonds is 2. The number of anilines is 1. The highest BCUT2D eigenvalue weighted by molar-refractivity contribution is 7.10. The van der Waals surface area contributed by atoms with Crippen molar-refractivity contribution in [2.24, 2.45) is 0 Å². The lowest BCUT2D eigenvalue weighted by Gasteiger charge is -2.14. The van der Waals surface area contributed by atoms with E-state index in [0.29, 0.717) is 5.95 Å². The van der Waals surface area contributed by atoms with Crippen molar-refractivity contribution in [1.82, 2.24) is 9.55 Å². The van der Waals surface area contributed by atoms with Crippen molar-refractivity contribution < 1.29 is 0 Å². The van der Waals surface area contributed by atoms with Crippen LogP contribution in [0.4, 0.5) is 5.95 Å². The minimum atomic E-state index is 0.220. The summed E-state index contributed by atoms with van der Waals surface area (Å²) in [6.07, 6.45) is 0. The fraction of sp³-hybridized carbons (Fsp3) is 0.214. The predicted octanol–water partition coefficient (Wildman–Crippen LogP) is 3.60. The maximum Gasteiger partial charge on any atom is 0.201 e. The molecule has 0 radical (unpaired) electrons. The molecule has 18 heavy (non-hydrogen) atoms. The third-order valence-corrected chi connectivity index (χ3v) is 4.26. The van der Waals surface area contributed by atoms with E-state index in [1.54, 1.807) is 11.3 Å². The molecule has 0 spiro atoms. The maximum absolute atomic E-state index is 6.07. The maximum atomic E-state index is 6.07. The smallest absolute Gasteiger partial charge is 0.201 e. The molecule has 0 aliphatic carbocycles. The lowest BCUT2D eigenvalue weighted by atomic mass is 10.2. The number of nitrogens with zero attached hydrogens (tertiary/aromatic N) is 2. The number of aryl methyl sites for hydroxylation is 1. The van der Waals surface area contributed by atoms with Gasteiger partial charge in [0.1, 0.15) is 0 Å². The monoisotopic (exact) mass is 257 g/mol. The molecule has 1 aromatic carbocycles. The summed E-state index contributed by atoms with van der Waals surface area (Å²) in [5.41, 5.74) is 9.34. The quantitative estimate of drug-likeness (QED) is 0.762. The molecule has 0 saturated heterocycles. The van der Waals surface area contributed by atoms with Crippen LogP contribution in [0, 0.1) is 6.92 Å². The Balaban J connectivity index is 2.19. The number of imidazole rings is 1. The molecule has 4 heteroatoms. The second-order valence-electron chi connectivity index (χ2n) is 4.52. The van der Waals surface area contributed by atoms with E-state index >= 15 is 0 Å². The zero-order chi connectivity index (χ0) is 12.7. The van der Waals surface area contributed by atoms with E-state index in [4.69, 9.17) is 5.73 Å². The van der Waals surface area contributed by atoms with Gasteiger partial charge in [-0.15, -0.1) is 11.3 Å². The van der Waals surface area contributed by atoms with Gasteiger partial charge < -0.3 is 10.3 Å². The van der Waals surface area contributed by atoms with Crippen LogP contribution in [-0.2, 0) is 0 Å². The molecule has 0 saturated carbocycles. The SMILES string of the molecule is Cc1ccc2c(c1)nc(N)n2C(C)c1cccs1. The largest absolute Gasteiger partial charge is 0.369 e. The normalized spacial score (nSPS) is 13.0. The van der Waals surface area contributed by atoms with Crippen LogP contribution in [0.3, 0.4) is 0 Å². The van der Waals surface area contributed by atoms with Gasteiger partial charge >= 0.3 is 0 Å². The van der Waals surface area contributed by atoms with Gasteiger partial charge in [0.15, 0.2) is 0 Å². The molecule has 1 unspecified atom stereocenters. The van der Waals surface area contributed by atoms with E-state index in [1.807, 2.05) is 0 Å². The molecule has 3 nitrogen and oxygen atoms in total. The number of benzene rings is 1. The minimum absolute atomic E-state index is 0.220. The van der Waals surface area contributed by atoms with Crippen LogP contribution in [-0.4, -0.2) is 9.55 Å². The Morgan fingerprint density at radius 3 is 2.89 bits per heavy atom. The van der Waals surface area contributed by atoms with Gasteiger partial charge in [0.2, 0.25) is 5.95 Å². The highest BCUT2D eigenvalue weighted by Crippen LogP contribution is 2.29. The van der Waals surface area contributed by atoms with Crippen LogP contribution in [0.2, 0.25) is 0 Å². The Morgan fingerprint density at radius 1 is 1.33 bits per heavy atom. The van der Waals surface area contributed by atoms with Crippen LogP contribution in [0.5, 0.6) is 0 Å². The molecule has 0 fully saturated rings. The standard InChI is InChI=1S/C14H15N3S/c1-9-5-6-12-11(8-9)16-14(15)17(12)10(2)13-4-3-7-18-13/h3-8,10H,1-2H3,(H2,15,16). The topological polar surface area (TPSA) is 43.8 Å². The fourth-order valence-electron chi connectivity index (χ4n) is 2.29. The molecular weight excluding hydrogens is 242 g/mol. The van der Waals surface area contributed by atoms with Crippen molar-refractivity contribution in [3.8, 4) is 0 Å². The second-order valence-corrected chi connectivity index (χ2v) is 5.50. The van der Waals surface area contributed by atoms with Gasteiger partial charge in [0.05, 0.1) is 17.1 Å². The summed E-state index contributed by atoms with van der Waals surface area (Å²) in [4.78, 5) is 5.74. The second kappa shape index (κ2) is 4.14. The van der Waals surface area contributed by atoms with E-state index in [9.17, 15) is 0 Å². The van der Waals surface area contributed by atoms with E-state index in [0.717, 1.165) is 11.0 Å². The van der Waals surface area contributed by atoms with Crippen molar-refractivity contribution in [1.29, 1.82) is 0 Å². The number of nitrogen functional groups attached to an aromatic ring is 1. The van der Waals surface area contributed by atoms with E-state index in [1.165, 1.54) is 10.4 Å². The Kier molecular flexibility index (Phi) is 2.59. The molecule has 0 amide bonds. The first-order valence-corrected chi connectivity index (χ1v) is 6.82. The van der Waals surface area contributed by atoms with Crippen molar-refractivity contribution >= 4 is 28.3 Å². The van der Waals surface area contributed by atoms with Gasteiger partial charge in [-0.1, -0.05) is 12.1 Å². The summed E-state index contributed by atoms with van der Waals surface area (Å²) >= 11 is 1.75. The number of fused-ring (bicyclic) bond motifs is 1. The third-order valence-electron chi connectivity index (χ3n) is 3.21. The number of aromatic nitrogens is 2. The fourth-order valence-corrected chi connectivity index (χ4v) is 3.06.